The molecule has 0 N–H and O–H groups in total. The van der Waals surface area contributed by atoms with E-state index >= 15 is 0 Å². The second kappa shape index (κ2) is 7.74. The predicted molar refractivity (Wildman–Crippen MR) is 104 cm³/mol. The standard InChI is InChI=1S/C20H22N2O3S/c1-13(20-21-16-7-5-6-8-18(16)26-20)22(2)19(23)11-14-9-10-15(24-3)12-17(14)25-4/h5-10,12-13H,11H2,1-4H3/t13-/m0/s1. The van der Waals surface area contributed by atoms with Gasteiger partial charge in [0.2, 0.25) is 5.91 Å². The molecule has 6 heteroatoms. The molecule has 0 saturated heterocycles. The normalized spacial score (nSPS) is 12.0. The van der Waals surface area contributed by atoms with Gasteiger partial charge < -0.3 is 14.4 Å². The third-order valence-electron chi connectivity index (χ3n) is 4.48. The highest BCUT2D eigenvalue weighted by Crippen LogP contribution is 2.30. The highest BCUT2D eigenvalue weighted by Gasteiger charge is 2.22. The van der Waals surface area contributed by atoms with Gasteiger partial charge in [0, 0.05) is 18.7 Å². The summed E-state index contributed by atoms with van der Waals surface area (Å²) in [5.74, 6) is 1.37. The second-order valence-corrected chi connectivity index (χ2v) is 7.12. The van der Waals surface area contributed by atoms with E-state index in [4.69, 9.17) is 9.47 Å². The molecule has 0 aliphatic heterocycles. The first-order valence-electron chi connectivity index (χ1n) is 8.35. The number of likely N-dealkylation sites (N-methyl/N-ethyl adjacent to an activating group) is 1. The number of hydrogen-bond acceptors (Lipinski definition) is 5. The van der Waals surface area contributed by atoms with Gasteiger partial charge in [0.25, 0.3) is 0 Å². The topological polar surface area (TPSA) is 51.7 Å². The van der Waals surface area contributed by atoms with E-state index in [9.17, 15) is 4.79 Å². The van der Waals surface area contributed by atoms with Crippen molar-refractivity contribution in [2.24, 2.45) is 0 Å². The number of fused-ring (bicyclic) bond motifs is 1. The number of ether oxygens (including phenoxy) is 2. The van der Waals surface area contributed by atoms with Crippen LogP contribution in [0.5, 0.6) is 11.5 Å². The molecule has 1 aromatic heterocycles. The lowest BCUT2D eigenvalue weighted by Crippen LogP contribution is -2.31. The summed E-state index contributed by atoms with van der Waals surface area (Å²) < 4.78 is 11.7. The van der Waals surface area contributed by atoms with Crippen molar-refractivity contribution in [2.75, 3.05) is 21.3 Å². The molecule has 0 radical (unpaired) electrons. The number of methoxy groups -OCH3 is 2. The first kappa shape index (κ1) is 18.2. The Labute approximate surface area is 157 Å². The van der Waals surface area contributed by atoms with Crippen LogP contribution in [-0.4, -0.2) is 37.1 Å². The van der Waals surface area contributed by atoms with E-state index in [1.165, 1.54) is 0 Å². The Kier molecular flexibility index (Phi) is 5.42. The Morgan fingerprint density at radius 1 is 1.19 bits per heavy atom. The Bertz CT molecular complexity index is 889. The summed E-state index contributed by atoms with van der Waals surface area (Å²) in [4.78, 5) is 19.2. The molecule has 0 spiro atoms. The van der Waals surface area contributed by atoms with Crippen LogP contribution in [0.2, 0.25) is 0 Å². The van der Waals surface area contributed by atoms with E-state index in [1.54, 1.807) is 36.5 Å². The molecular weight excluding hydrogens is 348 g/mol. The molecule has 26 heavy (non-hydrogen) atoms. The molecule has 0 unspecified atom stereocenters. The average Bonchev–Trinajstić information content (AvgIpc) is 3.11. The Morgan fingerprint density at radius 2 is 1.96 bits per heavy atom. The zero-order valence-electron chi connectivity index (χ0n) is 15.4. The number of hydrogen-bond donors (Lipinski definition) is 0. The van der Waals surface area contributed by atoms with E-state index in [2.05, 4.69) is 4.98 Å². The molecule has 3 aromatic rings. The number of rotatable bonds is 6. The number of carbonyl (C=O) groups excluding carboxylic acids is 1. The van der Waals surface area contributed by atoms with E-state index in [0.29, 0.717) is 11.5 Å². The molecule has 0 saturated carbocycles. The minimum absolute atomic E-state index is 0.0141. The van der Waals surface area contributed by atoms with Crippen LogP contribution < -0.4 is 9.47 Å². The highest BCUT2D eigenvalue weighted by atomic mass is 32.1. The van der Waals surface area contributed by atoms with Crippen LogP contribution in [0, 0.1) is 0 Å². The van der Waals surface area contributed by atoms with Crippen molar-refractivity contribution in [3.63, 3.8) is 0 Å². The maximum atomic E-state index is 12.8. The predicted octanol–water partition coefficient (Wildman–Crippen LogP) is 4.08. The van der Waals surface area contributed by atoms with E-state index in [-0.39, 0.29) is 18.4 Å². The Morgan fingerprint density at radius 3 is 2.65 bits per heavy atom. The third kappa shape index (κ3) is 3.65. The number of para-hydroxylation sites is 1. The lowest BCUT2D eigenvalue weighted by Gasteiger charge is -2.23. The number of nitrogens with zero attached hydrogens (tertiary/aromatic N) is 2. The molecule has 136 valence electrons. The lowest BCUT2D eigenvalue weighted by molar-refractivity contribution is -0.131. The van der Waals surface area contributed by atoms with Crippen molar-refractivity contribution in [3.8, 4) is 11.5 Å². The largest absolute Gasteiger partial charge is 0.497 e. The van der Waals surface area contributed by atoms with Gasteiger partial charge in [-0.1, -0.05) is 18.2 Å². The molecule has 0 aliphatic rings. The quantitative estimate of drug-likeness (QED) is 0.656. The number of amides is 1. The van der Waals surface area contributed by atoms with Crippen LogP contribution in [0.4, 0.5) is 0 Å². The van der Waals surface area contributed by atoms with Crippen molar-refractivity contribution in [3.05, 3.63) is 53.0 Å². The number of thiazole rings is 1. The second-order valence-electron chi connectivity index (χ2n) is 6.05. The van der Waals surface area contributed by atoms with E-state index < -0.39 is 0 Å². The molecule has 3 rings (SSSR count). The van der Waals surface area contributed by atoms with Crippen LogP contribution in [-0.2, 0) is 11.2 Å². The fraction of sp³-hybridized carbons (Fsp3) is 0.300. The summed E-state index contributed by atoms with van der Waals surface area (Å²) in [5.41, 5.74) is 1.80. The highest BCUT2D eigenvalue weighted by molar-refractivity contribution is 7.18. The minimum Gasteiger partial charge on any atom is -0.497 e. The zero-order valence-corrected chi connectivity index (χ0v) is 16.2. The fourth-order valence-electron chi connectivity index (χ4n) is 2.74. The van der Waals surface area contributed by atoms with Crippen molar-refractivity contribution in [2.45, 2.75) is 19.4 Å². The van der Waals surface area contributed by atoms with Gasteiger partial charge in [-0.25, -0.2) is 4.98 Å². The maximum Gasteiger partial charge on any atom is 0.227 e. The number of carbonyl (C=O) groups is 1. The minimum atomic E-state index is -0.0934. The molecule has 0 bridgehead atoms. The smallest absolute Gasteiger partial charge is 0.227 e. The van der Waals surface area contributed by atoms with E-state index in [1.807, 2.05) is 50.4 Å². The van der Waals surface area contributed by atoms with Gasteiger partial charge >= 0.3 is 0 Å². The number of benzene rings is 2. The van der Waals surface area contributed by atoms with Gasteiger partial charge in [0.05, 0.1) is 36.9 Å². The average molecular weight is 370 g/mol. The van der Waals surface area contributed by atoms with Gasteiger partial charge in [-0.3, -0.25) is 4.79 Å². The lowest BCUT2D eigenvalue weighted by atomic mass is 10.1. The van der Waals surface area contributed by atoms with Crippen LogP contribution in [0.1, 0.15) is 23.5 Å². The molecular formula is C20H22N2O3S. The third-order valence-corrected chi connectivity index (χ3v) is 5.68. The van der Waals surface area contributed by atoms with Crippen LogP contribution >= 0.6 is 11.3 Å². The van der Waals surface area contributed by atoms with Crippen molar-refractivity contribution in [1.29, 1.82) is 0 Å². The first-order chi connectivity index (χ1) is 12.5. The van der Waals surface area contributed by atoms with Crippen molar-refractivity contribution >= 4 is 27.5 Å². The molecule has 5 nitrogen and oxygen atoms in total. The monoisotopic (exact) mass is 370 g/mol. The Balaban J connectivity index is 1.76. The molecule has 0 fully saturated rings. The summed E-state index contributed by atoms with van der Waals surface area (Å²) in [6.07, 6.45) is 0.263. The van der Waals surface area contributed by atoms with Gasteiger partial charge in [-0.2, -0.15) is 0 Å². The first-order valence-corrected chi connectivity index (χ1v) is 9.17. The Hall–Kier alpha value is -2.60. The van der Waals surface area contributed by atoms with Crippen LogP contribution in [0.25, 0.3) is 10.2 Å². The van der Waals surface area contributed by atoms with Gasteiger partial charge in [-0.05, 0) is 25.1 Å². The summed E-state index contributed by atoms with van der Waals surface area (Å²) in [7, 11) is 5.01. The SMILES string of the molecule is COc1ccc(CC(=O)N(C)[C@@H](C)c2nc3ccccc3s2)c(OC)c1. The summed E-state index contributed by atoms with van der Waals surface area (Å²) >= 11 is 1.62. The molecule has 1 amide bonds. The summed E-state index contributed by atoms with van der Waals surface area (Å²) in [5, 5.41) is 0.934. The zero-order chi connectivity index (χ0) is 18.7. The molecule has 1 atom stereocenters. The van der Waals surface area contributed by atoms with Crippen LogP contribution in [0.3, 0.4) is 0 Å². The molecule has 2 aromatic carbocycles. The molecule has 0 aliphatic carbocycles. The molecule has 1 heterocycles. The van der Waals surface area contributed by atoms with Crippen molar-refractivity contribution in [1.82, 2.24) is 9.88 Å². The fourth-order valence-corrected chi connectivity index (χ4v) is 3.80. The van der Waals surface area contributed by atoms with Gasteiger partial charge in [-0.15, -0.1) is 11.3 Å². The number of aromatic nitrogens is 1. The summed E-state index contributed by atoms with van der Waals surface area (Å²) in [6.45, 7) is 2.00. The van der Waals surface area contributed by atoms with Crippen molar-refractivity contribution < 1.29 is 14.3 Å². The van der Waals surface area contributed by atoms with Gasteiger partial charge in [0.15, 0.2) is 0 Å². The maximum absolute atomic E-state index is 12.8. The van der Waals surface area contributed by atoms with Gasteiger partial charge in [0.1, 0.15) is 16.5 Å². The van der Waals surface area contributed by atoms with Crippen LogP contribution in [0.15, 0.2) is 42.5 Å². The summed E-state index contributed by atoms with van der Waals surface area (Å²) in [6, 6.07) is 13.4. The van der Waals surface area contributed by atoms with E-state index in [0.717, 1.165) is 20.8 Å².